The van der Waals surface area contributed by atoms with Crippen LogP contribution in [0.2, 0.25) is 0 Å². The van der Waals surface area contributed by atoms with Gasteiger partial charge in [0.1, 0.15) is 5.76 Å². The molecule has 0 aliphatic carbocycles. The van der Waals surface area contributed by atoms with Crippen molar-refractivity contribution in [3.05, 3.63) is 24.2 Å². The maximum absolute atomic E-state index is 5.41. The highest BCUT2D eigenvalue weighted by Crippen LogP contribution is 2.15. The molecule has 0 spiro atoms. The summed E-state index contributed by atoms with van der Waals surface area (Å²) in [7, 11) is 1.72. The summed E-state index contributed by atoms with van der Waals surface area (Å²) < 4.78 is 10.6. The second kappa shape index (κ2) is 7.47. The molecule has 1 heterocycles. The number of nitrogens with one attached hydrogen (secondary N) is 1. The van der Waals surface area contributed by atoms with Gasteiger partial charge in [-0.2, -0.15) is 0 Å². The summed E-state index contributed by atoms with van der Waals surface area (Å²) in [5.74, 6) is 1.68. The van der Waals surface area contributed by atoms with Gasteiger partial charge < -0.3 is 14.5 Å². The largest absolute Gasteiger partial charge is 0.468 e. The minimum absolute atomic E-state index is 0.167. The molecule has 3 heteroatoms. The minimum atomic E-state index is 0.167. The quantitative estimate of drug-likeness (QED) is 0.738. The highest BCUT2D eigenvalue weighted by atomic mass is 16.5. The Bertz CT molecular complexity index is 255. The zero-order valence-electron chi connectivity index (χ0n) is 10.5. The normalized spacial score (nSPS) is 13.2. The third-order valence-electron chi connectivity index (χ3n) is 3.03. The topological polar surface area (TPSA) is 34.4 Å². The molecule has 92 valence electrons. The van der Waals surface area contributed by atoms with E-state index >= 15 is 0 Å². The van der Waals surface area contributed by atoms with Gasteiger partial charge in [-0.1, -0.05) is 26.7 Å². The van der Waals surface area contributed by atoms with Crippen molar-refractivity contribution in [2.24, 2.45) is 5.92 Å². The number of hydrogen-bond acceptors (Lipinski definition) is 3. The van der Waals surface area contributed by atoms with E-state index in [4.69, 9.17) is 9.15 Å². The lowest BCUT2D eigenvalue weighted by Crippen LogP contribution is -2.29. The van der Waals surface area contributed by atoms with Gasteiger partial charge in [0.05, 0.1) is 18.9 Å². The second-order valence-electron chi connectivity index (χ2n) is 4.11. The first kappa shape index (κ1) is 13.3. The lowest BCUT2D eigenvalue weighted by molar-refractivity contribution is 0.154. The molecule has 0 aliphatic heterocycles. The number of hydrogen-bond donors (Lipinski definition) is 1. The molecule has 0 aliphatic rings. The van der Waals surface area contributed by atoms with Crippen LogP contribution in [0.25, 0.3) is 0 Å². The zero-order chi connectivity index (χ0) is 11.8. The maximum Gasteiger partial charge on any atom is 0.123 e. The van der Waals surface area contributed by atoms with E-state index in [0.717, 1.165) is 18.2 Å². The molecule has 1 atom stereocenters. The number of furan rings is 1. The molecule has 0 saturated carbocycles. The van der Waals surface area contributed by atoms with E-state index in [1.807, 2.05) is 12.1 Å². The Balaban J connectivity index is 2.45. The van der Waals surface area contributed by atoms with E-state index in [2.05, 4.69) is 19.2 Å². The van der Waals surface area contributed by atoms with Crippen LogP contribution in [0.3, 0.4) is 0 Å². The van der Waals surface area contributed by atoms with Crippen LogP contribution >= 0.6 is 0 Å². The van der Waals surface area contributed by atoms with Gasteiger partial charge in [0.2, 0.25) is 0 Å². The van der Waals surface area contributed by atoms with Gasteiger partial charge in [-0.05, 0) is 24.6 Å². The fourth-order valence-corrected chi connectivity index (χ4v) is 1.78. The molecule has 0 fully saturated rings. The molecule has 0 saturated heterocycles. The number of rotatable bonds is 8. The van der Waals surface area contributed by atoms with Crippen molar-refractivity contribution in [3.8, 4) is 0 Å². The highest BCUT2D eigenvalue weighted by Gasteiger charge is 2.14. The molecule has 1 aromatic rings. The number of methoxy groups -OCH3 is 1. The Morgan fingerprint density at radius 3 is 2.62 bits per heavy atom. The molecule has 1 unspecified atom stereocenters. The van der Waals surface area contributed by atoms with Gasteiger partial charge in [-0.3, -0.25) is 0 Å². The Kier molecular flexibility index (Phi) is 6.19. The van der Waals surface area contributed by atoms with E-state index in [1.54, 1.807) is 13.4 Å². The molecule has 1 rings (SSSR count). The third-order valence-corrected chi connectivity index (χ3v) is 3.03. The van der Waals surface area contributed by atoms with Crippen molar-refractivity contribution in [2.45, 2.75) is 32.7 Å². The van der Waals surface area contributed by atoms with Crippen LogP contribution in [0.5, 0.6) is 0 Å². The molecule has 0 amide bonds. The smallest absolute Gasteiger partial charge is 0.123 e. The Hall–Kier alpha value is -0.800. The van der Waals surface area contributed by atoms with Gasteiger partial charge in [-0.25, -0.2) is 0 Å². The lowest BCUT2D eigenvalue weighted by atomic mass is 10.0. The van der Waals surface area contributed by atoms with Gasteiger partial charge in [0.25, 0.3) is 0 Å². The molecular weight excluding hydrogens is 202 g/mol. The van der Waals surface area contributed by atoms with E-state index in [0.29, 0.717) is 6.61 Å². The first-order valence-corrected chi connectivity index (χ1v) is 6.07. The van der Waals surface area contributed by atoms with Crippen LogP contribution in [0.15, 0.2) is 22.8 Å². The third kappa shape index (κ3) is 3.99. The van der Waals surface area contributed by atoms with Crippen LogP contribution in [0.1, 0.15) is 38.5 Å². The summed E-state index contributed by atoms with van der Waals surface area (Å²) in [6.45, 7) is 6.12. The Labute approximate surface area is 98.2 Å². The molecule has 16 heavy (non-hydrogen) atoms. The van der Waals surface area contributed by atoms with Gasteiger partial charge in [0, 0.05) is 7.11 Å². The van der Waals surface area contributed by atoms with Crippen molar-refractivity contribution in [1.82, 2.24) is 5.32 Å². The Morgan fingerprint density at radius 1 is 1.38 bits per heavy atom. The molecule has 3 nitrogen and oxygen atoms in total. The van der Waals surface area contributed by atoms with Crippen LogP contribution < -0.4 is 5.32 Å². The zero-order valence-corrected chi connectivity index (χ0v) is 10.5. The predicted octanol–water partition coefficient (Wildman–Crippen LogP) is 2.99. The average molecular weight is 225 g/mol. The van der Waals surface area contributed by atoms with Crippen LogP contribution in [-0.4, -0.2) is 20.3 Å². The predicted molar refractivity (Wildman–Crippen MR) is 65.4 cm³/mol. The maximum atomic E-state index is 5.41. The summed E-state index contributed by atoms with van der Waals surface area (Å²) in [5, 5.41) is 3.51. The lowest BCUT2D eigenvalue weighted by Gasteiger charge is -2.19. The SMILES string of the molecule is CCC(CC)CNC(COC)c1ccco1. The van der Waals surface area contributed by atoms with E-state index < -0.39 is 0 Å². The summed E-state index contributed by atoms with van der Waals surface area (Å²) in [5.41, 5.74) is 0. The summed E-state index contributed by atoms with van der Waals surface area (Å²) >= 11 is 0. The average Bonchev–Trinajstić information content (AvgIpc) is 2.82. The summed E-state index contributed by atoms with van der Waals surface area (Å²) in [4.78, 5) is 0. The second-order valence-corrected chi connectivity index (χ2v) is 4.11. The van der Waals surface area contributed by atoms with Crippen molar-refractivity contribution in [1.29, 1.82) is 0 Å². The standard InChI is InChI=1S/C13H23NO2/c1-4-11(5-2)9-14-12(10-15-3)13-7-6-8-16-13/h6-8,11-12,14H,4-5,9-10H2,1-3H3. The van der Waals surface area contributed by atoms with Crippen molar-refractivity contribution < 1.29 is 9.15 Å². The summed E-state index contributed by atoms with van der Waals surface area (Å²) in [6.07, 6.45) is 4.12. The minimum Gasteiger partial charge on any atom is -0.468 e. The fourth-order valence-electron chi connectivity index (χ4n) is 1.78. The molecule has 0 bridgehead atoms. The Morgan fingerprint density at radius 2 is 2.12 bits per heavy atom. The first-order valence-electron chi connectivity index (χ1n) is 6.07. The molecular formula is C13H23NO2. The van der Waals surface area contributed by atoms with Crippen LogP contribution in [-0.2, 0) is 4.74 Å². The van der Waals surface area contributed by atoms with E-state index in [-0.39, 0.29) is 6.04 Å². The molecule has 0 aromatic carbocycles. The highest BCUT2D eigenvalue weighted by molar-refractivity contribution is 5.04. The van der Waals surface area contributed by atoms with Crippen LogP contribution in [0, 0.1) is 5.92 Å². The molecule has 1 aromatic heterocycles. The monoisotopic (exact) mass is 225 g/mol. The number of ether oxygens (including phenoxy) is 1. The summed E-state index contributed by atoms with van der Waals surface area (Å²) in [6, 6.07) is 4.07. The van der Waals surface area contributed by atoms with Gasteiger partial charge in [-0.15, -0.1) is 0 Å². The molecule has 0 radical (unpaired) electrons. The van der Waals surface area contributed by atoms with Crippen molar-refractivity contribution in [2.75, 3.05) is 20.3 Å². The van der Waals surface area contributed by atoms with E-state index in [9.17, 15) is 0 Å². The van der Waals surface area contributed by atoms with Crippen molar-refractivity contribution >= 4 is 0 Å². The van der Waals surface area contributed by atoms with E-state index in [1.165, 1.54) is 12.8 Å². The molecule has 1 N–H and O–H groups in total. The van der Waals surface area contributed by atoms with Crippen molar-refractivity contribution in [3.63, 3.8) is 0 Å². The van der Waals surface area contributed by atoms with Crippen LogP contribution in [0.4, 0.5) is 0 Å². The first-order chi connectivity index (χ1) is 7.81. The van der Waals surface area contributed by atoms with Gasteiger partial charge in [0.15, 0.2) is 0 Å². The van der Waals surface area contributed by atoms with Gasteiger partial charge >= 0.3 is 0 Å². The fraction of sp³-hybridized carbons (Fsp3) is 0.692.